The SMILES string of the molecule is Cc1cc(C)n2nc(C(=O)Nc3nnc(C)s3)nc2n1. The molecular formula is C11H11N7OS. The van der Waals surface area contributed by atoms with E-state index >= 15 is 0 Å². The fraction of sp³-hybridized carbons (Fsp3) is 0.273. The van der Waals surface area contributed by atoms with E-state index in [1.807, 2.05) is 26.8 Å². The molecule has 3 heterocycles. The van der Waals surface area contributed by atoms with Gasteiger partial charge in [-0.25, -0.2) is 9.50 Å². The van der Waals surface area contributed by atoms with Crippen LogP contribution in [0.25, 0.3) is 5.78 Å². The van der Waals surface area contributed by atoms with E-state index in [1.165, 1.54) is 15.9 Å². The summed E-state index contributed by atoms with van der Waals surface area (Å²) in [6.45, 7) is 5.56. The molecule has 0 aliphatic rings. The minimum atomic E-state index is -0.427. The van der Waals surface area contributed by atoms with Gasteiger partial charge in [-0.2, -0.15) is 4.98 Å². The Morgan fingerprint density at radius 1 is 1.25 bits per heavy atom. The zero-order chi connectivity index (χ0) is 14.3. The van der Waals surface area contributed by atoms with Gasteiger partial charge in [0.05, 0.1) is 0 Å². The first-order valence-corrected chi connectivity index (χ1v) is 6.67. The maximum atomic E-state index is 12.1. The molecule has 3 aromatic rings. The van der Waals surface area contributed by atoms with Crippen molar-refractivity contribution in [3.63, 3.8) is 0 Å². The molecule has 0 atom stereocenters. The molecular weight excluding hydrogens is 278 g/mol. The van der Waals surface area contributed by atoms with Crippen LogP contribution >= 0.6 is 11.3 Å². The lowest BCUT2D eigenvalue weighted by Crippen LogP contribution is -2.13. The van der Waals surface area contributed by atoms with Crippen LogP contribution in [0.5, 0.6) is 0 Å². The van der Waals surface area contributed by atoms with Crippen LogP contribution in [0, 0.1) is 20.8 Å². The Morgan fingerprint density at radius 2 is 2.05 bits per heavy atom. The van der Waals surface area contributed by atoms with Gasteiger partial charge in [0.2, 0.25) is 11.0 Å². The highest BCUT2D eigenvalue weighted by Gasteiger charge is 2.16. The van der Waals surface area contributed by atoms with Crippen molar-refractivity contribution in [3.05, 3.63) is 28.3 Å². The van der Waals surface area contributed by atoms with E-state index in [0.29, 0.717) is 10.9 Å². The number of carbonyl (C=O) groups excluding carboxylic acids is 1. The summed E-state index contributed by atoms with van der Waals surface area (Å²) >= 11 is 1.29. The first-order chi connectivity index (χ1) is 9.52. The normalized spacial score (nSPS) is 10.9. The average molecular weight is 289 g/mol. The van der Waals surface area contributed by atoms with Crippen molar-refractivity contribution < 1.29 is 4.79 Å². The number of carbonyl (C=O) groups is 1. The summed E-state index contributed by atoms with van der Waals surface area (Å²) in [4.78, 5) is 20.4. The monoisotopic (exact) mass is 289 g/mol. The lowest BCUT2D eigenvalue weighted by atomic mass is 10.4. The molecule has 3 rings (SSSR count). The Bertz CT molecular complexity index is 806. The Balaban J connectivity index is 1.94. The van der Waals surface area contributed by atoms with E-state index in [-0.39, 0.29) is 5.82 Å². The third-order valence-corrected chi connectivity index (χ3v) is 3.32. The van der Waals surface area contributed by atoms with Crippen molar-refractivity contribution >= 4 is 28.2 Å². The van der Waals surface area contributed by atoms with Gasteiger partial charge >= 0.3 is 0 Å². The molecule has 0 aliphatic heterocycles. The third kappa shape index (κ3) is 2.23. The molecule has 0 saturated carbocycles. The zero-order valence-electron chi connectivity index (χ0n) is 11.1. The number of rotatable bonds is 2. The quantitative estimate of drug-likeness (QED) is 0.760. The lowest BCUT2D eigenvalue weighted by molar-refractivity contribution is 0.101. The lowest BCUT2D eigenvalue weighted by Gasteiger charge is -1.97. The largest absolute Gasteiger partial charge is 0.297 e. The van der Waals surface area contributed by atoms with Crippen LogP contribution in [0.2, 0.25) is 0 Å². The summed E-state index contributed by atoms with van der Waals surface area (Å²) in [5, 5.41) is 15.6. The molecule has 0 aromatic carbocycles. The maximum absolute atomic E-state index is 12.1. The fourth-order valence-corrected chi connectivity index (χ4v) is 2.35. The number of fused-ring (bicyclic) bond motifs is 1. The van der Waals surface area contributed by atoms with Gasteiger partial charge in [-0.1, -0.05) is 11.3 Å². The molecule has 0 aliphatic carbocycles. The summed E-state index contributed by atoms with van der Waals surface area (Å²) in [7, 11) is 0. The van der Waals surface area contributed by atoms with Gasteiger partial charge < -0.3 is 0 Å². The van der Waals surface area contributed by atoms with E-state index in [2.05, 4.69) is 30.6 Å². The van der Waals surface area contributed by atoms with E-state index in [0.717, 1.165) is 16.4 Å². The topological polar surface area (TPSA) is 98.0 Å². The van der Waals surface area contributed by atoms with Crippen molar-refractivity contribution in [3.8, 4) is 0 Å². The molecule has 3 aromatic heterocycles. The maximum Gasteiger partial charge on any atom is 0.297 e. The molecule has 0 radical (unpaired) electrons. The Morgan fingerprint density at radius 3 is 2.75 bits per heavy atom. The number of anilines is 1. The van der Waals surface area contributed by atoms with Crippen molar-refractivity contribution in [2.75, 3.05) is 5.32 Å². The van der Waals surface area contributed by atoms with Gasteiger partial charge in [-0.05, 0) is 26.8 Å². The molecule has 0 unspecified atom stereocenters. The highest BCUT2D eigenvalue weighted by Crippen LogP contribution is 2.14. The van der Waals surface area contributed by atoms with E-state index in [4.69, 9.17) is 0 Å². The smallest absolute Gasteiger partial charge is 0.294 e. The van der Waals surface area contributed by atoms with Gasteiger partial charge in [0.15, 0.2) is 0 Å². The Kier molecular flexibility index (Phi) is 2.90. The molecule has 1 amide bonds. The second-order valence-electron chi connectivity index (χ2n) is 4.27. The van der Waals surface area contributed by atoms with Crippen LogP contribution in [0.15, 0.2) is 6.07 Å². The molecule has 8 nitrogen and oxygen atoms in total. The molecule has 0 saturated heterocycles. The molecule has 1 N–H and O–H groups in total. The zero-order valence-corrected chi connectivity index (χ0v) is 11.9. The minimum Gasteiger partial charge on any atom is -0.294 e. The third-order valence-electron chi connectivity index (χ3n) is 2.57. The van der Waals surface area contributed by atoms with E-state index in [1.54, 1.807) is 0 Å². The van der Waals surface area contributed by atoms with Gasteiger partial charge in [0.25, 0.3) is 11.7 Å². The minimum absolute atomic E-state index is 0.0547. The van der Waals surface area contributed by atoms with Crippen LogP contribution < -0.4 is 5.32 Å². The number of hydrogen-bond acceptors (Lipinski definition) is 7. The van der Waals surface area contributed by atoms with Crippen molar-refractivity contribution in [1.29, 1.82) is 0 Å². The molecule has 0 fully saturated rings. The number of amides is 1. The standard InChI is InChI=1S/C11H11N7OS/c1-5-4-6(2)18-10(12-5)13-8(17-18)9(19)14-11-16-15-7(3)20-11/h4H,1-3H3,(H,14,16,19). The number of nitrogens with one attached hydrogen (secondary N) is 1. The molecule has 0 spiro atoms. The van der Waals surface area contributed by atoms with E-state index < -0.39 is 5.91 Å². The number of nitrogens with zero attached hydrogens (tertiary/aromatic N) is 6. The number of hydrogen-bond donors (Lipinski definition) is 1. The van der Waals surface area contributed by atoms with Crippen LogP contribution in [0.1, 0.15) is 27.0 Å². The van der Waals surface area contributed by atoms with Crippen molar-refractivity contribution in [1.82, 2.24) is 29.8 Å². The molecule has 20 heavy (non-hydrogen) atoms. The summed E-state index contributed by atoms with van der Waals surface area (Å²) in [6.07, 6.45) is 0. The average Bonchev–Trinajstić information content (AvgIpc) is 2.95. The second kappa shape index (κ2) is 4.60. The first kappa shape index (κ1) is 12.6. The Hall–Kier alpha value is -2.42. The van der Waals surface area contributed by atoms with Crippen molar-refractivity contribution in [2.24, 2.45) is 0 Å². The van der Waals surface area contributed by atoms with Crippen molar-refractivity contribution in [2.45, 2.75) is 20.8 Å². The van der Waals surface area contributed by atoms with E-state index in [9.17, 15) is 4.79 Å². The first-order valence-electron chi connectivity index (χ1n) is 5.85. The fourth-order valence-electron chi connectivity index (χ4n) is 1.76. The summed E-state index contributed by atoms with van der Waals surface area (Å²) in [6, 6.07) is 1.87. The predicted molar refractivity (Wildman–Crippen MR) is 72.9 cm³/mol. The summed E-state index contributed by atoms with van der Waals surface area (Å²) in [5.74, 6) is 0.0313. The molecule has 0 bridgehead atoms. The van der Waals surface area contributed by atoms with Crippen LogP contribution in [0.4, 0.5) is 5.13 Å². The van der Waals surface area contributed by atoms with Gasteiger partial charge in [-0.15, -0.1) is 15.3 Å². The molecule has 9 heteroatoms. The van der Waals surface area contributed by atoms with Crippen LogP contribution in [-0.4, -0.2) is 35.7 Å². The Labute approximate surface area is 117 Å². The van der Waals surface area contributed by atoms with Gasteiger partial charge in [0, 0.05) is 11.4 Å². The summed E-state index contributed by atoms with van der Waals surface area (Å²) < 4.78 is 1.53. The van der Waals surface area contributed by atoms with Gasteiger partial charge in [0.1, 0.15) is 5.01 Å². The second-order valence-corrected chi connectivity index (χ2v) is 5.45. The van der Waals surface area contributed by atoms with Crippen LogP contribution in [0.3, 0.4) is 0 Å². The van der Waals surface area contributed by atoms with Crippen LogP contribution in [-0.2, 0) is 0 Å². The highest BCUT2D eigenvalue weighted by atomic mass is 32.1. The summed E-state index contributed by atoms with van der Waals surface area (Å²) in [5.41, 5.74) is 1.69. The molecule has 102 valence electrons. The highest BCUT2D eigenvalue weighted by molar-refractivity contribution is 7.15. The number of aromatic nitrogens is 6. The number of aryl methyl sites for hydroxylation is 3. The predicted octanol–water partition coefficient (Wildman–Crippen LogP) is 1.15. The van der Waals surface area contributed by atoms with Gasteiger partial charge in [-0.3, -0.25) is 10.1 Å².